The predicted octanol–water partition coefficient (Wildman–Crippen LogP) is 2.73. The summed E-state index contributed by atoms with van der Waals surface area (Å²) >= 11 is 6.04. The molecule has 0 radical (unpaired) electrons. The zero-order chi connectivity index (χ0) is 21.7. The first-order chi connectivity index (χ1) is 14.4. The Bertz CT molecular complexity index is 981. The third-order valence-electron chi connectivity index (χ3n) is 5.15. The zero-order valence-corrected chi connectivity index (χ0v) is 17.4. The van der Waals surface area contributed by atoms with E-state index >= 15 is 0 Å². The van der Waals surface area contributed by atoms with E-state index in [2.05, 4.69) is 0 Å². The molecule has 1 unspecified atom stereocenters. The molecule has 1 aliphatic rings. The number of halogens is 1. The van der Waals surface area contributed by atoms with Gasteiger partial charge in [-0.25, -0.2) is 0 Å². The Hall–Kier alpha value is -2.93. The Morgan fingerprint density at radius 2 is 1.77 bits per heavy atom. The Labute approximate surface area is 179 Å². The number of ether oxygens (including phenoxy) is 1. The number of rotatable bonds is 6. The Balaban J connectivity index is 1.88. The van der Waals surface area contributed by atoms with Crippen LogP contribution in [0.4, 0.5) is 0 Å². The van der Waals surface area contributed by atoms with Crippen LogP contribution in [0.5, 0.6) is 0 Å². The lowest BCUT2D eigenvalue weighted by atomic mass is 9.95. The molecule has 30 heavy (non-hydrogen) atoms. The molecule has 8 heteroatoms. The summed E-state index contributed by atoms with van der Waals surface area (Å²) in [4.78, 5) is 52.5. The molecule has 0 spiro atoms. The minimum atomic E-state index is -1.36. The Morgan fingerprint density at radius 1 is 1.10 bits per heavy atom. The van der Waals surface area contributed by atoms with E-state index in [0.29, 0.717) is 38.1 Å². The van der Waals surface area contributed by atoms with Gasteiger partial charge in [0.25, 0.3) is 11.5 Å². The van der Waals surface area contributed by atoms with Crippen LogP contribution in [0.15, 0.2) is 53.5 Å². The third-order valence-corrected chi connectivity index (χ3v) is 5.37. The number of pyridine rings is 1. The summed E-state index contributed by atoms with van der Waals surface area (Å²) < 4.78 is 6.14. The Morgan fingerprint density at radius 3 is 2.40 bits per heavy atom. The zero-order valence-electron chi connectivity index (χ0n) is 16.6. The number of aromatic nitrogens is 1. The molecule has 0 N–H and O–H groups in total. The van der Waals surface area contributed by atoms with Crippen LogP contribution in [-0.4, -0.2) is 46.8 Å². The van der Waals surface area contributed by atoms with Crippen molar-refractivity contribution < 1.29 is 19.1 Å². The van der Waals surface area contributed by atoms with E-state index < -0.39 is 23.3 Å². The van der Waals surface area contributed by atoms with Crippen molar-refractivity contribution in [2.75, 3.05) is 19.7 Å². The van der Waals surface area contributed by atoms with Crippen LogP contribution in [-0.2, 0) is 14.3 Å². The van der Waals surface area contributed by atoms with Crippen molar-refractivity contribution in [3.05, 3.63) is 69.6 Å². The van der Waals surface area contributed by atoms with Gasteiger partial charge in [-0.3, -0.25) is 23.7 Å². The third kappa shape index (κ3) is 4.79. The molecule has 0 bridgehead atoms. The highest BCUT2D eigenvalue weighted by molar-refractivity contribution is 6.30. The molecule has 0 aliphatic carbocycles. The number of ketones is 1. The topological polar surface area (TPSA) is 85.7 Å². The van der Waals surface area contributed by atoms with Crippen molar-refractivity contribution in [2.24, 2.45) is 5.92 Å². The quantitative estimate of drug-likeness (QED) is 0.399. The van der Waals surface area contributed by atoms with E-state index in [9.17, 15) is 19.2 Å². The second kappa shape index (κ2) is 9.71. The number of likely N-dealkylation sites (tertiary alicyclic amines) is 1. The second-order valence-electron chi connectivity index (χ2n) is 7.08. The smallest absolute Gasteiger partial charge is 0.309 e. The first-order valence-corrected chi connectivity index (χ1v) is 10.2. The van der Waals surface area contributed by atoms with Gasteiger partial charge in [-0.2, -0.15) is 0 Å². The summed E-state index contributed by atoms with van der Waals surface area (Å²) in [6, 6.07) is 9.64. The summed E-state index contributed by atoms with van der Waals surface area (Å²) in [5, 5.41) is 0.245. The van der Waals surface area contributed by atoms with Crippen LogP contribution in [0.25, 0.3) is 0 Å². The molecule has 1 aromatic carbocycles. The van der Waals surface area contributed by atoms with Crippen molar-refractivity contribution in [3.63, 3.8) is 0 Å². The minimum absolute atomic E-state index is 0.245. The fraction of sp³-hybridized carbons (Fsp3) is 0.364. The summed E-state index contributed by atoms with van der Waals surface area (Å²) in [5.41, 5.74) is -0.174. The Kier molecular flexibility index (Phi) is 7.05. The lowest BCUT2D eigenvalue weighted by Crippen LogP contribution is -2.47. The average Bonchev–Trinajstić information content (AvgIpc) is 2.77. The van der Waals surface area contributed by atoms with Gasteiger partial charge in [0.15, 0.2) is 11.8 Å². The number of benzene rings is 1. The van der Waals surface area contributed by atoms with Crippen molar-refractivity contribution >= 4 is 29.3 Å². The molecule has 2 aromatic rings. The molecule has 1 aliphatic heterocycles. The van der Waals surface area contributed by atoms with E-state index in [0.717, 1.165) is 4.57 Å². The number of Topliss-reactive ketones (excluding diaryl/α,β-unsaturated/α-hetero) is 1. The number of piperidine rings is 1. The number of hydrogen-bond acceptors (Lipinski definition) is 5. The highest BCUT2D eigenvalue weighted by Gasteiger charge is 2.36. The van der Waals surface area contributed by atoms with Gasteiger partial charge in [0.05, 0.1) is 17.5 Å². The molecule has 1 amide bonds. The first-order valence-electron chi connectivity index (χ1n) is 9.84. The maximum Gasteiger partial charge on any atom is 0.309 e. The van der Waals surface area contributed by atoms with E-state index in [4.69, 9.17) is 16.3 Å². The van der Waals surface area contributed by atoms with Crippen LogP contribution in [0.1, 0.15) is 36.2 Å². The van der Waals surface area contributed by atoms with Crippen molar-refractivity contribution in [2.45, 2.75) is 25.8 Å². The fourth-order valence-electron chi connectivity index (χ4n) is 3.56. The summed E-state index contributed by atoms with van der Waals surface area (Å²) in [5.74, 6) is -1.52. The van der Waals surface area contributed by atoms with Crippen LogP contribution in [0, 0.1) is 5.92 Å². The standard InChI is InChI=1S/C22H23ClN2O5/c1-2-30-22(29)16-10-12-24(13-11-16)21(28)19(20(27)15-6-4-3-5-7-15)25-14-17(23)8-9-18(25)26/h3-9,14,16,19H,2,10-13H2,1H3. The monoisotopic (exact) mass is 430 g/mol. The summed E-state index contributed by atoms with van der Waals surface area (Å²) in [7, 11) is 0. The number of hydrogen-bond donors (Lipinski definition) is 0. The predicted molar refractivity (Wildman–Crippen MR) is 111 cm³/mol. The van der Waals surface area contributed by atoms with Gasteiger partial charge >= 0.3 is 5.97 Å². The molecule has 1 aromatic heterocycles. The first kappa shape index (κ1) is 21.8. The van der Waals surface area contributed by atoms with Gasteiger partial charge in [-0.1, -0.05) is 41.9 Å². The molecule has 7 nitrogen and oxygen atoms in total. The molecular weight excluding hydrogens is 408 g/mol. The summed E-state index contributed by atoms with van der Waals surface area (Å²) in [6.45, 7) is 2.66. The van der Waals surface area contributed by atoms with E-state index in [1.165, 1.54) is 23.2 Å². The molecular formula is C22H23ClN2O5. The van der Waals surface area contributed by atoms with Gasteiger partial charge in [-0.15, -0.1) is 0 Å². The molecule has 3 rings (SSSR count). The maximum absolute atomic E-state index is 13.4. The van der Waals surface area contributed by atoms with Crippen molar-refractivity contribution in [1.29, 1.82) is 0 Å². The van der Waals surface area contributed by atoms with Crippen LogP contribution in [0.3, 0.4) is 0 Å². The molecule has 158 valence electrons. The highest BCUT2D eigenvalue weighted by atomic mass is 35.5. The highest BCUT2D eigenvalue weighted by Crippen LogP contribution is 2.24. The van der Waals surface area contributed by atoms with Crippen LogP contribution < -0.4 is 5.56 Å². The lowest BCUT2D eigenvalue weighted by Gasteiger charge is -2.33. The normalized spacial score (nSPS) is 15.5. The lowest BCUT2D eigenvalue weighted by molar-refractivity contribution is -0.151. The van der Waals surface area contributed by atoms with Crippen molar-refractivity contribution in [1.82, 2.24) is 9.47 Å². The molecule has 2 heterocycles. The summed E-state index contributed by atoms with van der Waals surface area (Å²) in [6.07, 6.45) is 2.20. The molecule has 1 fully saturated rings. The van der Waals surface area contributed by atoms with Crippen molar-refractivity contribution in [3.8, 4) is 0 Å². The SMILES string of the molecule is CCOC(=O)C1CCN(C(=O)C(C(=O)c2ccccc2)n2cc(Cl)ccc2=O)CC1. The second-order valence-corrected chi connectivity index (χ2v) is 7.51. The van der Waals surface area contributed by atoms with Gasteiger partial charge < -0.3 is 9.64 Å². The van der Waals surface area contributed by atoms with Gasteiger partial charge in [0.1, 0.15) is 0 Å². The van der Waals surface area contributed by atoms with Gasteiger partial charge in [-0.05, 0) is 25.8 Å². The van der Waals surface area contributed by atoms with Crippen LogP contribution >= 0.6 is 11.6 Å². The molecule has 0 saturated carbocycles. The van der Waals surface area contributed by atoms with Crippen LogP contribution in [0.2, 0.25) is 5.02 Å². The van der Waals surface area contributed by atoms with E-state index in [1.54, 1.807) is 37.3 Å². The van der Waals surface area contributed by atoms with E-state index in [-0.39, 0.29) is 16.9 Å². The largest absolute Gasteiger partial charge is 0.466 e. The number of amides is 1. The number of carbonyl (C=O) groups excluding carboxylic acids is 3. The van der Waals surface area contributed by atoms with Gasteiger partial charge in [0, 0.05) is 30.9 Å². The van der Waals surface area contributed by atoms with Gasteiger partial charge in [0.2, 0.25) is 0 Å². The fourth-order valence-corrected chi connectivity index (χ4v) is 3.73. The van der Waals surface area contributed by atoms with E-state index in [1.807, 2.05) is 0 Å². The number of esters is 1. The average molecular weight is 431 g/mol. The number of nitrogens with zero attached hydrogens (tertiary/aromatic N) is 2. The minimum Gasteiger partial charge on any atom is -0.466 e. The molecule has 1 atom stereocenters. The molecule has 1 saturated heterocycles. The number of carbonyl (C=O) groups is 3. The maximum atomic E-state index is 13.4.